The molecule has 0 saturated carbocycles. The molecule has 2 amide bonds. The number of hydrogen-bond acceptors (Lipinski definition) is 4. The van der Waals surface area contributed by atoms with Gasteiger partial charge in [0.25, 0.3) is 0 Å². The number of amides is 2. The van der Waals surface area contributed by atoms with E-state index in [9.17, 15) is 9.59 Å². The molecule has 3 rings (SSSR count). The van der Waals surface area contributed by atoms with Crippen LogP contribution in [0.1, 0.15) is 39.3 Å². The lowest BCUT2D eigenvalue weighted by Gasteiger charge is -2.30. The van der Waals surface area contributed by atoms with Crippen LogP contribution in [0.25, 0.3) is 0 Å². The fraction of sp³-hybridized carbons (Fsp3) is 0.273. The molecule has 1 aliphatic rings. The SMILES string of the molecule is CC1=C(C(=O)OC(C)(C)C)[C@H](c2cccc(Oc3ccccc3)c2)NC(=O)N1. The van der Waals surface area contributed by atoms with Crippen LogP contribution in [0.15, 0.2) is 65.9 Å². The van der Waals surface area contributed by atoms with Crippen LogP contribution in [0, 0.1) is 0 Å². The average Bonchev–Trinajstić information content (AvgIpc) is 2.60. The standard InChI is InChI=1S/C22H24N2O4/c1-14-18(20(25)28-22(2,3)4)19(24-21(26)23-14)15-9-8-12-17(13-15)27-16-10-6-5-7-11-16/h5-13,19H,1-4H3,(H2,23,24,26)/t19-/m0/s1. The van der Waals surface area contributed by atoms with Crippen LogP contribution < -0.4 is 15.4 Å². The maximum atomic E-state index is 12.8. The van der Waals surface area contributed by atoms with Crippen LogP contribution in [0.4, 0.5) is 4.79 Å². The molecule has 0 saturated heterocycles. The molecule has 0 unspecified atom stereocenters. The van der Waals surface area contributed by atoms with Crippen molar-refractivity contribution < 1.29 is 19.1 Å². The van der Waals surface area contributed by atoms with Gasteiger partial charge < -0.3 is 20.1 Å². The highest BCUT2D eigenvalue weighted by molar-refractivity contribution is 5.95. The van der Waals surface area contributed by atoms with Gasteiger partial charge in [-0.3, -0.25) is 0 Å². The molecule has 1 aliphatic heterocycles. The number of hydrogen-bond donors (Lipinski definition) is 2. The fourth-order valence-electron chi connectivity index (χ4n) is 2.93. The van der Waals surface area contributed by atoms with Gasteiger partial charge in [-0.05, 0) is 57.5 Å². The summed E-state index contributed by atoms with van der Waals surface area (Å²) in [5, 5.41) is 5.45. The summed E-state index contributed by atoms with van der Waals surface area (Å²) in [6, 6.07) is 15.7. The quantitative estimate of drug-likeness (QED) is 0.769. The van der Waals surface area contributed by atoms with E-state index in [1.54, 1.807) is 33.8 Å². The molecular weight excluding hydrogens is 356 g/mol. The van der Waals surface area contributed by atoms with Crippen molar-refractivity contribution >= 4 is 12.0 Å². The van der Waals surface area contributed by atoms with E-state index in [0.29, 0.717) is 22.8 Å². The van der Waals surface area contributed by atoms with Crippen molar-refractivity contribution in [2.75, 3.05) is 0 Å². The first-order chi connectivity index (χ1) is 13.2. The van der Waals surface area contributed by atoms with E-state index in [2.05, 4.69) is 10.6 Å². The molecule has 28 heavy (non-hydrogen) atoms. The van der Waals surface area contributed by atoms with Gasteiger partial charge in [0.1, 0.15) is 17.1 Å². The first-order valence-corrected chi connectivity index (χ1v) is 9.07. The summed E-state index contributed by atoms with van der Waals surface area (Å²) in [6.07, 6.45) is 0. The smallest absolute Gasteiger partial charge is 0.338 e. The third kappa shape index (κ3) is 4.71. The molecule has 0 radical (unpaired) electrons. The first kappa shape index (κ1) is 19.5. The van der Waals surface area contributed by atoms with Gasteiger partial charge in [-0.1, -0.05) is 30.3 Å². The summed E-state index contributed by atoms with van der Waals surface area (Å²) in [5.74, 6) is 0.836. The molecule has 2 aromatic rings. The van der Waals surface area contributed by atoms with Crippen molar-refractivity contribution in [2.24, 2.45) is 0 Å². The molecule has 6 heteroatoms. The van der Waals surface area contributed by atoms with Gasteiger partial charge in [0.2, 0.25) is 0 Å². The summed E-state index contributed by atoms with van der Waals surface area (Å²) in [7, 11) is 0. The molecule has 0 fully saturated rings. The Labute approximate surface area is 164 Å². The van der Waals surface area contributed by atoms with Crippen LogP contribution in [-0.2, 0) is 9.53 Å². The first-order valence-electron chi connectivity index (χ1n) is 9.07. The van der Waals surface area contributed by atoms with E-state index in [0.717, 1.165) is 5.56 Å². The number of carbonyl (C=O) groups excluding carboxylic acids is 2. The van der Waals surface area contributed by atoms with E-state index >= 15 is 0 Å². The number of benzene rings is 2. The summed E-state index contributed by atoms with van der Waals surface area (Å²) < 4.78 is 11.4. The number of carbonyl (C=O) groups is 2. The third-order valence-corrected chi connectivity index (χ3v) is 4.06. The second-order valence-electron chi connectivity index (χ2n) is 7.56. The van der Waals surface area contributed by atoms with Crippen molar-refractivity contribution in [3.63, 3.8) is 0 Å². The Morgan fingerprint density at radius 1 is 1.00 bits per heavy atom. The summed E-state index contributed by atoms with van der Waals surface area (Å²) in [5.41, 5.74) is 0.918. The fourth-order valence-corrected chi connectivity index (χ4v) is 2.93. The number of urea groups is 1. The van der Waals surface area contributed by atoms with Crippen LogP contribution in [0.5, 0.6) is 11.5 Å². The Hall–Kier alpha value is -3.28. The highest BCUT2D eigenvalue weighted by Gasteiger charge is 2.34. The minimum absolute atomic E-state index is 0.367. The van der Waals surface area contributed by atoms with Crippen molar-refractivity contribution in [2.45, 2.75) is 39.3 Å². The van der Waals surface area contributed by atoms with Crippen LogP contribution in [0.3, 0.4) is 0 Å². The van der Waals surface area contributed by atoms with E-state index < -0.39 is 17.6 Å². The summed E-state index contributed by atoms with van der Waals surface area (Å²) in [4.78, 5) is 24.8. The predicted octanol–water partition coefficient (Wildman–Crippen LogP) is 4.45. The van der Waals surface area contributed by atoms with E-state index in [1.165, 1.54) is 0 Å². The monoisotopic (exact) mass is 380 g/mol. The predicted molar refractivity (Wildman–Crippen MR) is 106 cm³/mol. The lowest BCUT2D eigenvalue weighted by molar-refractivity contribution is -0.150. The number of rotatable bonds is 4. The second kappa shape index (κ2) is 7.76. The zero-order valence-electron chi connectivity index (χ0n) is 16.4. The Morgan fingerprint density at radius 3 is 2.36 bits per heavy atom. The molecule has 146 valence electrons. The molecular formula is C22H24N2O4. The molecule has 1 atom stereocenters. The highest BCUT2D eigenvalue weighted by Crippen LogP contribution is 2.31. The van der Waals surface area contributed by atoms with Crippen LogP contribution in [0.2, 0.25) is 0 Å². The maximum absolute atomic E-state index is 12.8. The van der Waals surface area contributed by atoms with Crippen molar-refractivity contribution in [3.8, 4) is 11.5 Å². The lowest BCUT2D eigenvalue weighted by atomic mass is 9.95. The molecule has 6 nitrogen and oxygen atoms in total. The van der Waals surface area contributed by atoms with Crippen LogP contribution in [-0.4, -0.2) is 17.6 Å². The number of esters is 1. The molecule has 0 bridgehead atoms. The zero-order valence-corrected chi connectivity index (χ0v) is 16.4. The number of nitrogens with one attached hydrogen (secondary N) is 2. The van der Waals surface area contributed by atoms with Crippen molar-refractivity contribution in [1.29, 1.82) is 0 Å². The largest absolute Gasteiger partial charge is 0.457 e. The number of ether oxygens (including phenoxy) is 2. The van der Waals surface area contributed by atoms with Crippen LogP contribution >= 0.6 is 0 Å². The molecule has 0 aliphatic carbocycles. The Balaban J connectivity index is 1.93. The van der Waals surface area contributed by atoms with Gasteiger partial charge in [0, 0.05) is 5.70 Å². The highest BCUT2D eigenvalue weighted by atomic mass is 16.6. The topological polar surface area (TPSA) is 76.7 Å². The third-order valence-electron chi connectivity index (χ3n) is 4.06. The van der Waals surface area contributed by atoms with Gasteiger partial charge >= 0.3 is 12.0 Å². The minimum Gasteiger partial charge on any atom is -0.457 e. The second-order valence-corrected chi connectivity index (χ2v) is 7.56. The van der Waals surface area contributed by atoms with Gasteiger partial charge in [-0.15, -0.1) is 0 Å². The summed E-state index contributed by atoms with van der Waals surface area (Å²) >= 11 is 0. The molecule has 2 N–H and O–H groups in total. The minimum atomic E-state index is -0.644. The number of para-hydroxylation sites is 1. The summed E-state index contributed by atoms with van der Waals surface area (Å²) in [6.45, 7) is 7.10. The van der Waals surface area contributed by atoms with Gasteiger partial charge in [0.15, 0.2) is 0 Å². The molecule has 0 spiro atoms. The Bertz CT molecular complexity index is 914. The van der Waals surface area contributed by atoms with E-state index in [-0.39, 0.29) is 6.03 Å². The molecule has 0 aromatic heterocycles. The molecule has 1 heterocycles. The normalized spacial score (nSPS) is 16.9. The van der Waals surface area contributed by atoms with Gasteiger partial charge in [-0.2, -0.15) is 0 Å². The van der Waals surface area contributed by atoms with Gasteiger partial charge in [0.05, 0.1) is 11.6 Å². The van der Waals surface area contributed by atoms with Crippen molar-refractivity contribution in [3.05, 3.63) is 71.4 Å². The Morgan fingerprint density at radius 2 is 1.68 bits per heavy atom. The zero-order chi connectivity index (χ0) is 20.3. The van der Waals surface area contributed by atoms with Crippen molar-refractivity contribution in [1.82, 2.24) is 10.6 Å². The Kier molecular flexibility index (Phi) is 5.40. The van der Waals surface area contributed by atoms with E-state index in [4.69, 9.17) is 9.47 Å². The van der Waals surface area contributed by atoms with E-state index in [1.807, 2.05) is 48.5 Å². The van der Waals surface area contributed by atoms with Gasteiger partial charge in [-0.25, -0.2) is 9.59 Å². The maximum Gasteiger partial charge on any atom is 0.338 e. The lowest BCUT2D eigenvalue weighted by Crippen LogP contribution is -2.46. The molecule has 2 aromatic carbocycles. The number of allylic oxidation sites excluding steroid dienone is 1. The average molecular weight is 380 g/mol.